The highest BCUT2D eigenvalue weighted by Crippen LogP contribution is 2.26. The molecule has 0 radical (unpaired) electrons. The first-order valence-corrected chi connectivity index (χ1v) is 12.4. The minimum Gasteiger partial charge on any atom is -0.496 e. The Bertz CT molecular complexity index is 1360. The number of nitrogens with one attached hydrogen (secondary N) is 2. The van der Waals surface area contributed by atoms with E-state index in [1.54, 1.807) is 55.3 Å². The summed E-state index contributed by atoms with van der Waals surface area (Å²) in [6.07, 6.45) is 1.61. The Morgan fingerprint density at radius 2 is 1.53 bits per heavy atom. The van der Waals surface area contributed by atoms with E-state index < -0.39 is 5.91 Å². The van der Waals surface area contributed by atoms with Crippen LogP contribution < -0.4 is 15.4 Å². The molecular weight excluding hydrogens is 468 g/mol. The van der Waals surface area contributed by atoms with Gasteiger partial charge in [-0.1, -0.05) is 72.8 Å². The lowest BCUT2D eigenvalue weighted by Gasteiger charge is -2.13. The maximum absolute atomic E-state index is 13.3. The second kappa shape index (κ2) is 12.4. The fourth-order valence-corrected chi connectivity index (χ4v) is 4.40. The van der Waals surface area contributed by atoms with Crippen LogP contribution in [0.3, 0.4) is 0 Å². The van der Waals surface area contributed by atoms with E-state index in [0.717, 1.165) is 10.6 Å². The van der Waals surface area contributed by atoms with E-state index in [1.807, 2.05) is 66.7 Å². The molecule has 6 heteroatoms. The van der Waals surface area contributed by atoms with E-state index >= 15 is 0 Å². The number of rotatable bonds is 9. The molecule has 0 aliphatic carbocycles. The molecule has 4 rings (SSSR count). The predicted octanol–water partition coefficient (Wildman–Crippen LogP) is 6.40. The number of para-hydroxylation sites is 1. The van der Waals surface area contributed by atoms with E-state index in [-0.39, 0.29) is 11.6 Å². The highest BCUT2D eigenvalue weighted by Gasteiger charge is 2.16. The van der Waals surface area contributed by atoms with Crippen LogP contribution in [0, 0.1) is 0 Å². The Hall–Kier alpha value is -4.29. The predicted molar refractivity (Wildman–Crippen MR) is 146 cm³/mol. The van der Waals surface area contributed by atoms with Gasteiger partial charge in [0.1, 0.15) is 11.4 Å². The second-order valence-electron chi connectivity index (χ2n) is 7.88. The Labute approximate surface area is 215 Å². The van der Waals surface area contributed by atoms with Crippen molar-refractivity contribution in [1.29, 1.82) is 0 Å². The molecule has 4 aromatic rings. The number of carbonyl (C=O) groups excluding carboxylic acids is 2. The third-order valence-corrected chi connectivity index (χ3v) is 6.37. The first-order chi connectivity index (χ1) is 17.6. The Morgan fingerprint density at radius 3 is 2.28 bits per heavy atom. The van der Waals surface area contributed by atoms with Crippen LogP contribution in [0.1, 0.15) is 21.5 Å². The Balaban J connectivity index is 1.55. The number of methoxy groups -OCH3 is 1. The molecule has 0 aliphatic rings. The van der Waals surface area contributed by atoms with Crippen molar-refractivity contribution in [2.45, 2.75) is 10.6 Å². The summed E-state index contributed by atoms with van der Waals surface area (Å²) < 4.78 is 5.42. The van der Waals surface area contributed by atoms with Crippen molar-refractivity contribution >= 4 is 35.3 Å². The standard InChI is InChI=1S/C30H26N2O3S/c1-35-28-18-9-8-15-24(28)19-27(32-29(33)23-13-6-3-7-14-23)30(34)31-25-16-10-17-26(20-25)36-21-22-11-4-2-5-12-22/h2-20H,21H2,1H3,(H,31,34)(H,32,33)/b27-19+. The lowest BCUT2D eigenvalue weighted by atomic mass is 10.1. The Kier molecular flexibility index (Phi) is 8.57. The van der Waals surface area contributed by atoms with E-state index in [0.29, 0.717) is 22.6 Å². The molecule has 4 aromatic carbocycles. The zero-order valence-corrected chi connectivity index (χ0v) is 20.6. The fraction of sp³-hybridized carbons (Fsp3) is 0.0667. The van der Waals surface area contributed by atoms with E-state index in [4.69, 9.17) is 4.74 Å². The van der Waals surface area contributed by atoms with Gasteiger partial charge in [0.15, 0.2) is 0 Å². The van der Waals surface area contributed by atoms with Crippen LogP contribution in [0.25, 0.3) is 6.08 Å². The third-order valence-electron chi connectivity index (χ3n) is 5.31. The highest BCUT2D eigenvalue weighted by atomic mass is 32.2. The number of carbonyl (C=O) groups is 2. The summed E-state index contributed by atoms with van der Waals surface area (Å²) in [5.41, 5.74) is 3.09. The summed E-state index contributed by atoms with van der Waals surface area (Å²) in [6.45, 7) is 0. The summed E-state index contributed by atoms with van der Waals surface area (Å²) in [6, 6.07) is 33.9. The molecule has 0 saturated heterocycles. The van der Waals surface area contributed by atoms with Gasteiger partial charge in [-0.3, -0.25) is 9.59 Å². The molecule has 0 saturated carbocycles. The van der Waals surface area contributed by atoms with Gasteiger partial charge in [0.05, 0.1) is 7.11 Å². The average Bonchev–Trinajstić information content (AvgIpc) is 2.93. The van der Waals surface area contributed by atoms with E-state index in [9.17, 15) is 9.59 Å². The second-order valence-corrected chi connectivity index (χ2v) is 8.93. The van der Waals surface area contributed by atoms with E-state index in [1.165, 1.54) is 5.56 Å². The van der Waals surface area contributed by atoms with Crippen molar-refractivity contribution in [3.63, 3.8) is 0 Å². The summed E-state index contributed by atoms with van der Waals surface area (Å²) in [7, 11) is 1.56. The molecule has 2 N–H and O–H groups in total. The molecule has 0 fully saturated rings. The molecule has 0 aliphatic heterocycles. The third kappa shape index (κ3) is 6.87. The van der Waals surface area contributed by atoms with Gasteiger partial charge in [-0.15, -0.1) is 11.8 Å². The number of amides is 2. The van der Waals surface area contributed by atoms with Crippen LogP contribution in [-0.2, 0) is 10.5 Å². The summed E-state index contributed by atoms with van der Waals surface area (Å²) in [4.78, 5) is 27.2. The van der Waals surface area contributed by atoms with Crippen molar-refractivity contribution in [3.05, 3.63) is 132 Å². The van der Waals surface area contributed by atoms with Gasteiger partial charge in [-0.2, -0.15) is 0 Å². The van der Waals surface area contributed by atoms with Crippen LogP contribution in [0.5, 0.6) is 5.75 Å². The first-order valence-electron chi connectivity index (χ1n) is 11.4. The number of thioether (sulfide) groups is 1. The lowest BCUT2D eigenvalue weighted by Crippen LogP contribution is -2.30. The molecule has 0 aromatic heterocycles. The normalized spacial score (nSPS) is 11.0. The Morgan fingerprint density at radius 1 is 0.833 bits per heavy atom. The van der Waals surface area contributed by atoms with Crippen LogP contribution >= 0.6 is 11.8 Å². The number of ether oxygens (including phenoxy) is 1. The van der Waals surface area contributed by atoms with Gasteiger partial charge in [0.25, 0.3) is 11.8 Å². The lowest BCUT2D eigenvalue weighted by molar-refractivity contribution is -0.113. The molecule has 5 nitrogen and oxygen atoms in total. The molecule has 0 bridgehead atoms. The SMILES string of the molecule is COc1ccccc1/C=C(/NC(=O)c1ccccc1)C(=O)Nc1cccc(SCc2ccccc2)c1. The van der Waals surface area contributed by atoms with Gasteiger partial charge >= 0.3 is 0 Å². The molecule has 36 heavy (non-hydrogen) atoms. The minimum absolute atomic E-state index is 0.107. The van der Waals surface area contributed by atoms with Crippen molar-refractivity contribution < 1.29 is 14.3 Å². The minimum atomic E-state index is -0.435. The monoisotopic (exact) mass is 494 g/mol. The van der Waals surface area contributed by atoms with Crippen LogP contribution in [0.15, 0.2) is 120 Å². The zero-order chi connectivity index (χ0) is 25.2. The van der Waals surface area contributed by atoms with Gasteiger partial charge < -0.3 is 15.4 Å². The quantitative estimate of drug-likeness (QED) is 0.209. The molecule has 180 valence electrons. The largest absolute Gasteiger partial charge is 0.496 e. The zero-order valence-electron chi connectivity index (χ0n) is 19.8. The van der Waals surface area contributed by atoms with E-state index in [2.05, 4.69) is 22.8 Å². The van der Waals surface area contributed by atoms with Crippen LogP contribution in [0.2, 0.25) is 0 Å². The van der Waals surface area contributed by atoms with Gasteiger partial charge in [-0.25, -0.2) is 0 Å². The van der Waals surface area contributed by atoms with Gasteiger partial charge in [0.2, 0.25) is 0 Å². The molecular formula is C30H26N2O3S. The number of anilines is 1. The molecule has 0 spiro atoms. The van der Waals surface area contributed by atoms with Crippen molar-refractivity contribution in [1.82, 2.24) is 5.32 Å². The summed E-state index contributed by atoms with van der Waals surface area (Å²) >= 11 is 1.69. The maximum atomic E-state index is 13.3. The van der Waals surface area contributed by atoms with Crippen molar-refractivity contribution in [3.8, 4) is 5.75 Å². The molecule has 0 unspecified atom stereocenters. The van der Waals surface area contributed by atoms with Gasteiger partial charge in [0, 0.05) is 27.5 Å². The topological polar surface area (TPSA) is 67.4 Å². The molecule has 0 atom stereocenters. The maximum Gasteiger partial charge on any atom is 0.272 e. The van der Waals surface area contributed by atoms with Crippen LogP contribution in [-0.4, -0.2) is 18.9 Å². The average molecular weight is 495 g/mol. The number of benzene rings is 4. The van der Waals surface area contributed by atoms with Crippen molar-refractivity contribution in [2.24, 2.45) is 0 Å². The highest BCUT2D eigenvalue weighted by molar-refractivity contribution is 7.98. The fourth-order valence-electron chi connectivity index (χ4n) is 3.49. The number of hydrogen-bond donors (Lipinski definition) is 2. The summed E-state index contributed by atoms with van der Waals surface area (Å²) in [5.74, 6) is 0.607. The molecule has 0 heterocycles. The van der Waals surface area contributed by atoms with Crippen molar-refractivity contribution in [2.75, 3.05) is 12.4 Å². The molecule has 2 amide bonds. The first kappa shape index (κ1) is 24.8. The number of hydrogen-bond acceptors (Lipinski definition) is 4. The van der Waals surface area contributed by atoms with Crippen LogP contribution in [0.4, 0.5) is 5.69 Å². The summed E-state index contributed by atoms with van der Waals surface area (Å²) in [5, 5.41) is 5.68. The smallest absolute Gasteiger partial charge is 0.272 e. The van der Waals surface area contributed by atoms with Gasteiger partial charge in [-0.05, 0) is 48.0 Å².